The van der Waals surface area contributed by atoms with Gasteiger partial charge in [0, 0.05) is 10.5 Å². The molecule has 4 nitrogen and oxygen atoms in total. The lowest BCUT2D eigenvalue weighted by atomic mass is 9.94. The Bertz CT molecular complexity index is 518. The third kappa shape index (κ3) is 4.84. The molecule has 1 aromatic rings. The molecule has 0 bridgehead atoms. The molecule has 1 fully saturated rings. The number of carboxylic acids is 1. The monoisotopic (exact) mass is 353 g/mol. The summed E-state index contributed by atoms with van der Waals surface area (Å²) in [5.41, 5.74) is 0.919. The van der Waals surface area contributed by atoms with Crippen LogP contribution in [0.15, 0.2) is 28.7 Å². The summed E-state index contributed by atoms with van der Waals surface area (Å²) in [6.45, 7) is 0. The number of carbonyl (C=O) groups excluding carboxylic acids is 1. The summed E-state index contributed by atoms with van der Waals surface area (Å²) in [4.78, 5) is 23.5. The van der Waals surface area contributed by atoms with Crippen molar-refractivity contribution >= 4 is 27.8 Å². The van der Waals surface area contributed by atoms with E-state index in [9.17, 15) is 14.7 Å². The first-order valence-corrected chi connectivity index (χ1v) is 8.12. The molecule has 0 saturated heterocycles. The van der Waals surface area contributed by atoms with Crippen molar-refractivity contribution in [3.8, 4) is 0 Å². The highest BCUT2D eigenvalue weighted by atomic mass is 79.9. The number of carboxylic acid groups (broad SMARTS) is 1. The minimum atomic E-state index is -0.801. The van der Waals surface area contributed by atoms with E-state index < -0.39 is 11.9 Å². The molecular weight excluding hydrogens is 334 g/mol. The van der Waals surface area contributed by atoms with Crippen LogP contribution in [0.5, 0.6) is 0 Å². The normalized spacial score (nSPS) is 22.3. The second kappa shape index (κ2) is 7.59. The van der Waals surface area contributed by atoms with E-state index in [0.717, 1.165) is 35.7 Å². The molecule has 1 aromatic carbocycles. The summed E-state index contributed by atoms with van der Waals surface area (Å²) < 4.78 is 0.936. The Morgan fingerprint density at radius 1 is 1.24 bits per heavy atom. The van der Waals surface area contributed by atoms with Crippen LogP contribution < -0.4 is 5.32 Å². The van der Waals surface area contributed by atoms with Gasteiger partial charge in [0.15, 0.2) is 0 Å². The van der Waals surface area contributed by atoms with Crippen LogP contribution in [0.2, 0.25) is 0 Å². The Morgan fingerprint density at radius 2 is 2.00 bits per heavy atom. The SMILES string of the molecule is O=C(Cc1cccc(Br)c1)NC1CCCCCC1C(=O)O. The summed E-state index contributed by atoms with van der Waals surface area (Å²) in [5, 5.41) is 12.2. The van der Waals surface area contributed by atoms with Crippen molar-refractivity contribution in [1.82, 2.24) is 5.32 Å². The molecule has 21 heavy (non-hydrogen) atoms. The van der Waals surface area contributed by atoms with Crippen LogP contribution in [0.1, 0.15) is 37.7 Å². The third-order valence-electron chi connectivity index (χ3n) is 3.93. The maximum atomic E-state index is 12.2. The standard InChI is InChI=1S/C16H20BrNO3/c17-12-6-4-5-11(9-12)10-15(19)18-14-8-3-1-2-7-13(14)16(20)21/h4-6,9,13-14H,1-3,7-8,10H2,(H,18,19)(H,20,21). The highest BCUT2D eigenvalue weighted by Crippen LogP contribution is 2.24. The largest absolute Gasteiger partial charge is 0.481 e. The third-order valence-corrected chi connectivity index (χ3v) is 4.43. The number of rotatable bonds is 4. The fourth-order valence-electron chi connectivity index (χ4n) is 2.87. The van der Waals surface area contributed by atoms with Gasteiger partial charge in [-0.1, -0.05) is 47.3 Å². The van der Waals surface area contributed by atoms with Crippen molar-refractivity contribution in [2.24, 2.45) is 5.92 Å². The van der Waals surface area contributed by atoms with Crippen LogP contribution >= 0.6 is 15.9 Å². The zero-order chi connectivity index (χ0) is 15.2. The first kappa shape index (κ1) is 16.0. The Kier molecular flexibility index (Phi) is 5.79. The first-order chi connectivity index (χ1) is 10.1. The number of benzene rings is 1. The van der Waals surface area contributed by atoms with E-state index in [1.807, 2.05) is 24.3 Å². The molecule has 5 heteroatoms. The quantitative estimate of drug-likeness (QED) is 0.817. The van der Waals surface area contributed by atoms with Crippen LogP contribution in [0.3, 0.4) is 0 Å². The molecule has 2 N–H and O–H groups in total. The highest BCUT2D eigenvalue weighted by molar-refractivity contribution is 9.10. The Labute approximate surface area is 133 Å². The van der Waals surface area contributed by atoms with Crippen molar-refractivity contribution in [2.45, 2.75) is 44.6 Å². The lowest BCUT2D eigenvalue weighted by Crippen LogP contribution is -2.43. The van der Waals surface area contributed by atoms with Gasteiger partial charge in [-0.05, 0) is 30.5 Å². The molecule has 0 aromatic heterocycles. The topological polar surface area (TPSA) is 66.4 Å². The van der Waals surface area contributed by atoms with Crippen molar-refractivity contribution in [3.63, 3.8) is 0 Å². The first-order valence-electron chi connectivity index (χ1n) is 7.33. The Morgan fingerprint density at radius 3 is 2.71 bits per heavy atom. The molecule has 0 heterocycles. The van der Waals surface area contributed by atoms with Gasteiger partial charge in [0.1, 0.15) is 0 Å². The average molecular weight is 354 g/mol. The van der Waals surface area contributed by atoms with E-state index in [4.69, 9.17) is 0 Å². The molecule has 0 radical (unpaired) electrons. The van der Waals surface area contributed by atoms with E-state index in [-0.39, 0.29) is 18.4 Å². The number of amides is 1. The van der Waals surface area contributed by atoms with Gasteiger partial charge < -0.3 is 10.4 Å². The second-order valence-corrected chi connectivity index (χ2v) is 6.48. The molecule has 2 atom stereocenters. The number of nitrogens with one attached hydrogen (secondary N) is 1. The fraction of sp³-hybridized carbons (Fsp3) is 0.500. The highest BCUT2D eigenvalue weighted by Gasteiger charge is 2.30. The van der Waals surface area contributed by atoms with E-state index in [1.54, 1.807) is 0 Å². The minimum absolute atomic E-state index is 0.105. The van der Waals surface area contributed by atoms with Gasteiger partial charge >= 0.3 is 5.97 Å². The molecule has 114 valence electrons. The summed E-state index contributed by atoms with van der Waals surface area (Å²) >= 11 is 3.38. The summed E-state index contributed by atoms with van der Waals surface area (Å²) in [6, 6.07) is 7.35. The molecule has 1 aliphatic carbocycles. The van der Waals surface area contributed by atoms with Gasteiger partial charge in [-0.25, -0.2) is 0 Å². The minimum Gasteiger partial charge on any atom is -0.481 e. The van der Waals surface area contributed by atoms with Crippen LogP contribution in [0.25, 0.3) is 0 Å². The molecule has 1 amide bonds. The van der Waals surface area contributed by atoms with Gasteiger partial charge in [0.05, 0.1) is 12.3 Å². The van der Waals surface area contributed by atoms with Gasteiger partial charge in [-0.2, -0.15) is 0 Å². The van der Waals surface area contributed by atoms with Crippen molar-refractivity contribution in [1.29, 1.82) is 0 Å². The summed E-state index contributed by atoms with van der Waals surface area (Å²) in [6.07, 6.45) is 4.63. The van der Waals surface area contributed by atoms with Crippen molar-refractivity contribution in [2.75, 3.05) is 0 Å². The number of hydrogen-bond acceptors (Lipinski definition) is 2. The fourth-order valence-corrected chi connectivity index (χ4v) is 3.31. The van der Waals surface area contributed by atoms with E-state index in [0.29, 0.717) is 6.42 Å². The maximum Gasteiger partial charge on any atom is 0.308 e. The van der Waals surface area contributed by atoms with Crippen LogP contribution in [-0.2, 0) is 16.0 Å². The number of aliphatic carboxylic acids is 1. The maximum absolute atomic E-state index is 12.2. The average Bonchev–Trinajstić information content (AvgIpc) is 2.64. The molecule has 0 spiro atoms. The Hall–Kier alpha value is -1.36. The van der Waals surface area contributed by atoms with Crippen LogP contribution in [-0.4, -0.2) is 23.0 Å². The zero-order valence-corrected chi connectivity index (χ0v) is 13.4. The van der Waals surface area contributed by atoms with Crippen LogP contribution in [0.4, 0.5) is 0 Å². The van der Waals surface area contributed by atoms with Gasteiger partial charge in [-0.3, -0.25) is 9.59 Å². The lowest BCUT2D eigenvalue weighted by molar-refractivity contribution is -0.143. The predicted octanol–water partition coefficient (Wildman–Crippen LogP) is 3.14. The molecule has 2 rings (SSSR count). The molecule has 1 saturated carbocycles. The zero-order valence-electron chi connectivity index (χ0n) is 11.8. The smallest absolute Gasteiger partial charge is 0.308 e. The van der Waals surface area contributed by atoms with Gasteiger partial charge in [0.25, 0.3) is 0 Å². The van der Waals surface area contributed by atoms with Crippen LogP contribution in [0, 0.1) is 5.92 Å². The molecule has 1 aliphatic rings. The number of hydrogen-bond donors (Lipinski definition) is 2. The van der Waals surface area contributed by atoms with Crippen molar-refractivity contribution in [3.05, 3.63) is 34.3 Å². The van der Waals surface area contributed by atoms with Gasteiger partial charge in [0.2, 0.25) is 5.91 Å². The predicted molar refractivity (Wildman–Crippen MR) is 84.0 cm³/mol. The number of halogens is 1. The summed E-state index contributed by atoms with van der Waals surface area (Å²) in [5.74, 6) is -1.37. The summed E-state index contributed by atoms with van der Waals surface area (Å²) in [7, 11) is 0. The lowest BCUT2D eigenvalue weighted by Gasteiger charge is -2.22. The number of carbonyl (C=O) groups is 2. The van der Waals surface area contributed by atoms with Gasteiger partial charge in [-0.15, -0.1) is 0 Å². The molecule has 0 aliphatic heterocycles. The van der Waals surface area contributed by atoms with E-state index in [2.05, 4.69) is 21.2 Å². The van der Waals surface area contributed by atoms with E-state index >= 15 is 0 Å². The molecule has 2 unspecified atom stereocenters. The Balaban J connectivity index is 1.97. The van der Waals surface area contributed by atoms with Crippen molar-refractivity contribution < 1.29 is 14.7 Å². The second-order valence-electron chi connectivity index (χ2n) is 5.56. The van der Waals surface area contributed by atoms with E-state index in [1.165, 1.54) is 0 Å². The molecular formula is C16H20BrNO3.